The Bertz CT molecular complexity index is 365. The van der Waals surface area contributed by atoms with Crippen LogP contribution in [0.5, 0.6) is 0 Å². The number of hydrogen-bond acceptors (Lipinski definition) is 0. The van der Waals surface area contributed by atoms with Crippen molar-refractivity contribution in [3.8, 4) is 0 Å². The van der Waals surface area contributed by atoms with E-state index in [9.17, 15) is 0 Å². The van der Waals surface area contributed by atoms with Gasteiger partial charge in [0, 0.05) is 5.92 Å². The van der Waals surface area contributed by atoms with Crippen LogP contribution in [0, 0.1) is 17.8 Å². The number of allylic oxidation sites excluding steroid dienone is 8. The molecule has 0 saturated heterocycles. The highest BCUT2D eigenvalue weighted by atomic mass is 14.4. The first kappa shape index (κ1) is 8.28. The summed E-state index contributed by atoms with van der Waals surface area (Å²) in [6.07, 6.45) is 16.4. The fraction of sp³-hybridized carbons (Fsp3) is 0.429. The van der Waals surface area contributed by atoms with Gasteiger partial charge in [0.1, 0.15) is 0 Å². The SMILES string of the molecule is CC1CC2C=CC=C2C2=CC=CCC21. The Morgan fingerprint density at radius 2 is 2.00 bits per heavy atom. The minimum Gasteiger partial charge on any atom is -0.0839 e. The molecule has 0 aromatic carbocycles. The van der Waals surface area contributed by atoms with Gasteiger partial charge < -0.3 is 0 Å². The molecule has 0 bridgehead atoms. The summed E-state index contributed by atoms with van der Waals surface area (Å²) in [5, 5.41) is 0. The minimum atomic E-state index is 0.721. The topological polar surface area (TPSA) is 0 Å². The first-order chi connectivity index (χ1) is 6.86. The van der Waals surface area contributed by atoms with Crippen molar-refractivity contribution in [3.63, 3.8) is 0 Å². The third-order valence-electron chi connectivity index (χ3n) is 3.87. The van der Waals surface area contributed by atoms with Crippen molar-refractivity contribution in [2.24, 2.45) is 17.8 Å². The normalized spacial score (nSPS) is 38.8. The molecule has 0 nitrogen and oxygen atoms in total. The molecule has 72 valence electrons. The molecule has 0 radical (unpaired) electrons. The second-order valence-electron chi connectivity index (χ2n) is 4.72. The van der Waals surface area contributed by atoms with Gasteiger partial charge >= 0.3 is 0 Å². The highest BCUT2D eigenvalue weighted by molar-refractivity contribution is 5.48. The molecule has 0 N–H and O–H groups in total. The minimum absolute atomic E-state index is 0.721. The lowest BCUT2D eigenvalue weighted by atomic mass is 9.67. The molecule has 3 aliphatic rings. The fourth-order valence-electron chi connectivity index (χ4n) is 3.10. The molecule has 0 heteroatoms. The van der Waals surface area contributed by atoms with Gasteiger partial charge in [0.15, 0.2) is 0 Å². The smallest absolute Gasteiger partial charge is 0.00266 e. The molecular formula is C14H16. The van der Waals surface area contributed by atoms with Crippen LogP contribution < -0.4 is 0 Å². The van der Waals surface area contributed by atoms with Crippen molar-refractivity contribution >= 4 is 0 Å². The Morgan fingerprint density at radius 1 is 1.14 bits per heavy atom. The largest absolute Gasteiger partial charge is 0.0839 e. The molecular weight excluding hydrogens is 168 g/mol. The monoisotopic (exact) mass is 184 g/mol. The average molecular weight is 184 g/mol. The summed E-state index contributed by atoms with van der Waals surface area (Å²) < 4.78 is 0. The van der Waals surface area contributed by atoms with Gasteiger partial charge in [-0.25, -0.2) is 0 Å². The first-order valence-corrected chi connectivity index (χ1v) is 5.62. The lowest BCUT2D eigenvalue weighted by molar-refractivity contribution is 0.330. The van der Waals surface area contributed by atoms with Crippen molar-refractivity contribution in [1.82, 2.24) is 0 Å². The fourth-order valence-corrected chi connectivity index (χ4v) is 3.10. The van der Waals surface area contributed by atoms with Gasteiger partial charge in [0.05, 0.1) is 0 Å². The van der Waals surface area contributed by atoms with E-state index in [-0.39, 0.29) is 0 Å². The molecule has 1 fully saturated rings. The van der Waals surface area contributed by atoms with Crippen LogP contribution in [0.3, 0.4) is 0 Å². The summed E-state index contributed by atoms with van der Waals surface area (Å²) in [6.45, 7) is 2.40. The maximum absolute atomic E-state index is 2.40. The van der Waals surface area contributed by atoms with Crippen LogP contribution in [0.4, 0.5) is 0 Å². The highest BCUT2D eigenvalue weighted by Crippen LogP contribution is 2.46. The second kappa shape index (κ2) is 2.98. The molecule has 14 heavy (non-hydrogen) atoms. The van der Waals surface area contributed by atoms with Crippen molar-refractivity contribution in [1.29, 1.82) is 0 Å². The molecule has 1 saturated carbocycles. The number of rotatable bonds is 0. The molecule has 3 rings (SSSR count). The van der Waals surface area contributed by atoms with Crippen molar-refractivity contribution in [2.75, 3.05) is 0 Å². The zero-order valence-corrected chi connectivity index (χ0v) is 8.61. The van der Waals surface area contributed by atoms with Gasteiger partial charge in [-0.3, -0.25) is 0 Å². The van der Waals surface area contributed by atoms with Crippen molar-refractivity contribution < 1.29 is 0 Å². The van der Waals surface area contributed by atoms with Crippen LogP contribution in [-0.4, -0.2) is 0 Å². The van der Waals surface area contributed by atoms with Crippen LogP contribution in [0.1, 0.15) is 19.8 Å². The van der Waals surface area contributed by atoms with Gasteiger partial charge in [-0.2, -0.15) is 0 Å². The van der Waals surface area contributed by atoms with E-state index < -0.39 is 0 Å². The molecule has 3 atom stereocenters. The van der Waals surface area contributed by atoms with E-state index in [1.54, 1.807) is 11.1 Å². The van der Waals surface area contributed by atoms with E-state index in [4.69, 9.17) is 0 Å². The third-order valence-corrected chi connectivity index (χ3v) is 3.87. The third kappa shape index (κ3) is 1.06. The molecule has 0 aromatic rings. The molecule has 0 aliphatic heterocycles. The summed E-state index contributed by atoms with van der Waals surface area (Å²) >= 11 is 0. The van der Waals surface area contributed by atoms with E-state index in [2.05, 4.69) is 43.4 Å². The van der Waals surface area contributed by atoms with Crippen LogP contribution >= 0.6 is 0 Å². The molecule has 0 heterocycles. The van der Waals surface area contributed by atoms with Gasteiger partial charge in [-0.15, -0.1) is 0 Å². The van der Waals surface area contributed by atoms with Gasteiger partial charge in [0.2, 0.25) is 0 Å². The summed E-state index contributed by atoms with van der Waals surface area (Å²) in [7, 11) is 0. The summed E-state index contributed by atoms with van der Waals surface area (Å²) in [5.41, 5.74) is 3.21. The quantitative estimate of drug-likeness (QED) is 0.539. The zero-order valence-electron chi connectivity index (χ0n) is 8.61. The van der Waals surface area contributed by atoms with Crippen molar-refractivity contribution in [2.45, 2.75) is 19.8 Å². The molecule has 0 aromatic heterocycles. The predicted molar refractivity (Wildman–Crippen MR) is 59.8 cm³/mol. The van der Waals surface area contributed by atoms with E-state index in [1.807, 2.05) is 0 Å². The van der Waals surface area contributed by atoms with Crippen molar-refractivity contribution in [3.05, 3.63) is 47.6 Å². The number of hydrogen-bond donors (Lipinski definition) is 0. The maximum Gasteiger partial charge on any atom is 0.00266 e. The lowest BCUT2D eigenvalue weighted by Gasteiger charge is -2.37. The Kier molecular flexibility index (Phi) is 1.76. The first-order valence-electron chi connectivity index (χ1n) is 5.62. The molecule has 0 spiro atoms. The highest BCUT2D eigenvalue weighted by Gasteiger charge is 2.34. The Hall–Kier alpha value is -1.04. The summed E-state index contributed by atoms with van der Waals surface area (Å²) in [4.78, 5) is 0. The summed E-state index contributed by atoms with van der Waals surface area (Å²) in [6, 6.07) is 0. The van der Waals surface area contributed by atoms with Crippen LogP contribution in [0.15, 0.2) is 47.6 Å². The average Bonchev–Trinajstić information content (AvgIpc) is 2.66. The predicted octanol–water partition coefficient (Wildman–Crippen LogP) is 3.64. The summed E-state index contributed by atoms with van der Waals surface area (Å²) in [5.74, 6) is 2.36. The van der Waals surface area contributed by atoms with Crippen LogP contribution in [0.2, 0.25) is 0 Å². The molecule has 3 aliphatic carbocycles. The Morgan fingerprint density at radius 3 is 2.93 bits per heavy atom. The zero-order chi connectivity index (χ0) is 9.54. The van der Waals surface area contributed by atoms with Crippen LogP contribution in [-0.2, 0) is 0 Å². The maximum atomic E-state index is 2.40. The Labute approximate surface area is 85.7 Å². The van der Waals surface area contributed by atoms with E-state index in [0.717, 1.165) is 17.8 Å². The van der Waals surface area contributed by atoms with Gasteiger partial charge in [-0.1, -0.05) is 43.4 Å². The standard InChI is InChI=1S/C14H16/c1-10-9-11-5-4-8-13(11)14-7-3-2-6-12(10)14/h2-5,7-8,10-12H,6,9H2,1H3. The van der Waals surface area contributed by atoms with E-state index in [1.165, 1.54) is 12.8 Å². The molecule has 3 unspecified atom stereocenters. The molecule has 0 amide bonds. The lowest BCUT2D eigenvalue weighted by Crippen LogP contribution is -2.26. The Balaban J connectivity index is 2.03. The van der Waals surface area contributed by atoms with Crippen LogP contribution in [0.25, 0.3) is 0 Å². The number of fused-ring (bicyclic) bond motifs is 3. The second-order valence-corrected chi connectivity index (χ2v) is 4.72. The van der Waals surface area contributed by atoms with Gasteiger partial charge in [0.25, 0.3) is 0 Å². The van der Waals surface area contributed by atoms with E-state index in [0.29, 0.717) is 0 Å². The van der Waals surface area contributed by atoms with E-state index >= 15 is 0 Å². The van der Waals surface area contributed by atoms with Gasteiger partial charge in [-0.05, 0) is 35.8 Å².